The Hall–Kier alpha value is -1.09. The van der Waals surface area contributed by atoms with Crippen molar-refractivity contribution in [1.29, 1.82) is 0 Å². The summed E-state index contributed by atoms with van der Waals surface area (Å²) in [7, 11) is 0. The van der Waals surface area contributed by atoms with Gasteiger partial charge < -0.3 is 4.42 Å². The molecule has 2 aromatic rings. The molecule has 4 heteroatoms. The average Bonchev–Trinajstić information content (AvgIpc) is 2.49. The summed E-state index contributed by atoms with van der Waals surface area (Å²) < 4.78 is 5.40. The van der Waals surface area contributed by atoms with Crippen LogP contribution in [-0.2, 0) is 0 Å². The van der Waals surface area contributed by atoms with Crippen LogP contribution in [0.2, 0.25) is 5.02 Å². The Balaban J connectivity index is 2.68. The standard InChI is InChI=1S/C9H9ClN2O/c1-5(2)8-12-7-6(10)3-4-11-9(7)13-8/h3-5H,1-2H3. The van der Waals surface area contributed by atoms with Crippen LogP contribution in [0.15, 0.2) is 16.7 Å². The van der Waals surface area contributed by atoms with Crippen molar-refractivity contribution in [2.24, 2.45) is 0 Å². The molecule has 3 nitrogen and oxygen atoms in total. The number of fused-ring (bicyclic) bond motifs is 1. The van der Waals surface area contributed by atoms with Gasteiger partial charge in [0.15, 0.2) is 5.89 Å². The SMILES string of the molecule is CC(C)c1nc2c(Cl)ccnc2o1. The molecule has 0 fully saturated rings. The summed E-state index contributed by atoms with van der Waals surface area (Å²) in [5.41, 5.74) is 1.16. The minimum absolute atomic E-state index is 0.255. The van der Waals surface area contributed by atoms with Gasteiger partial charge in [0.05, 0.1) is 5.02 Å². The molecule has 0 amide bonds. The smallest absolute Gasteiger partial charge is 0.248 e. The molecule has 2 rings (SSSR count). The van der Waals surface area contributed by atoms with E-state index < -0.39 is 0 Å². The van der Waals surface area contributed by atoms with Crippen LogP contribution in [0.5, 0.6) is 0 Å². The van der Waals surface area contributed by atoms with Gasteiger partial charge in [-0.25, -0.2) is 9.97 Å². The maximum Gasteiger partial charge on any atom is 0.248 e. The van der Waals surface area contributed by atoms with Crippen molar-refractivity contribution in [3.05, 3.63) is 23.2 Å². The summed E-state index contributed by atoms with van der Waals surface area (Å²) in [5.74, 6) is 0.931. The second-order valence-electron chi connectivity index (χ2n) is 3.15. The predicted molar refractivity (Wildman–Crippen MR) is 50.9 cm³/mol. The van der Waals surface area contributed by atoms with Crippen LogP contribution >= 0.6 is 11.6 Å². The number of halogens is 1. The molecular weight excluding hydrogens is 188 g/mol. The predicted octanol–water partition coefficient (Wildman–Crippen LogP) is 3.00. The first-order valence-electron chi connectivity index (χ1n) is 4.09. The van der Waals surface area contributed by atoms with E-state index in [0.29, 0.717) is 22.1 Å². The first-order chi connectivity index (χ1) is 6.18. The number of pyridine rings is 1. The minimum Gasteiger partial charge on any atom is -0.422 e. The van der Waals surface area contributed by atoms with Crippen molar-refractivity contribution in [2.75, 3.05) is 0 Å². The van der Waals surface area contributed by atoms with Gasteiger partial charge in [0.25, 0.3) is 0 Å². The highest BCUT2D eigenvalue weighted by molar-refractivity contribution is 6.34. The lowest BCUT2D eigenvalue weighted by Gasteiger charge is -1.93. The van der Waals surface area contributed by atoms with Crippen molar-refractivity contribution in [2.45, 2.75) is 19.8 Å². The lowest BCUT2D eigenvalue weighted by atomic mass is 10.2. The van der Waals surface area contributed by atoms with E-state index in [9.17, 15) is 0 Å². The second-order valence-corrected chi connectivity index (χ2v) is 3.56. The van der Waals surface area contributed by atoms with Gasteiger partial charge in [-0.15, -0.1) is 0 Å². The molecule has 0 bridgehead atoms. The second kappa shape index (κ2) is 3.00. The van der Waals surface area contributed by atoms with Gasteiger partial charge in [0.2, 0.25) is 5.71 Å². The molecule has 0 saturated heterocycles. The van der Waals surface area contributed by atoms with Gasteiger partial charge in [-0.3, -0.25) is 0 Å². The van der Waals surface area contributed by atoms with Gasteiger partial charge in [0, 0.05) is 12.1 Å². The van der Waals surface area contributed by atoms with Crippen LogP contribution in [0.3, 0.4) is 0 Å². The fourth-order valence-corrected chi connectivity index (χ4v) is 1.25. The zero-order chi connectivity index (χ0) is 9.42. The zero-order valence-electron chi connectivity index (χ0n) is 7.41. The van der Waals surface area contributed by atoms with Crippen molar-refractivity contribution in [3.63, 3.8) is 0 Å². The molecule has 0 aliphatic carbocycles. The van der Waals surface area contributed by atoms with Gasteiger partial charge in [-0.05, 0) is 6.07 Å². The van der Waals surface area contributed by atoms with E-state index in [2.05, 4.69) is 9.97 Å². The molecule has 13 heavy (non-hydrogen) atoms. The maximum atomic E-state index is 5.91. The Bertz CT molecular complexity index is 436. The van der Waals surface area contributed by atoms with Gasteiger partial charge in [0.1, 0.15) is 5.52 Å². The van der Waals surface area contributed by atoms with Crippen LogP contribution in [0, 0.1) is 0 Å². The summed E-state index contributed by atoms with van der Waals surface area (Å²) in [5, 5.41) is 0.584. The number of nitrogens with zero attached hydrogens (tertiary/aromatic N) is 2. The number of hydrogen-bond acceptors (Lipinski definition) is 3. The normalized spacial score (nSPS) is 11.4. The van der Waals surface area contributed by atoms with Crippen LogP contribution < -0.4 is 0 Å². The van der Waals surface area contributed by atoms with Gasteiger partial charge in [-0.1, -0.05) is 25.4 Å². The third kappa shape index (κ3) is 1.40. The largest absolute Gasteiger partial charge is 0.422 e. The molecule has 0 unspecified atom stereocenters. The van der Waals surface area contributed by atoms with Crippen molar-refractivity contribution >= 4 is 22.8 Å². The first-order valence-corrected chi connectivity index (χ1v) is 4.47. The summed E-state index contributed by atoms with van der Waals surface area (Å²) >= 11 is 5.91. The lowest BCUT2D eigenvalue weighted by molar-refractivity contribution is 0.494. The van der Waals surface area contributed by atoms with Gasteiger partial charge >= 0.3 is 0 Å². The molecular formula is C9H9ClN2O. The highest BCUT2D eigenvalue weighted by atomic mass is 35.5. The minimum atomic E-state index is 0.255. The quantitative estimate of drug-likeness (QED) is 0.704. The third-order valence-corrected chi connectivity index (χ3v) is 2.06. The maximum absolute atomic E-state index is 5.91. The number of rotatable bonds is 1. The van der Waals surface area contributed by atoms with Crippen molar-refractivity contribution in [1.82, 2.24) is 9.97 Å². The molecule has 0 radical (unpaired) electrons. The van der Waals surface area contributed by atoms with E-state index in [0.717, 1.165) is 0 Å². The fourth-order valence-electron chi connectivity index (χ4n) is 1.07. The van der Waals surface area contributed by atoms with E-state index in [-0.39, 0.29) is 5.92 Å². The van der Waals surface area contributed by atoms with E-state index >= 15 is 0 Å². The highest BCUT2D eigenvalue weighted by Gasteiger charge is 2.11. The first kappa shape index (κ1) is 8.51. The zero-order valence-corrected chi connectivity index (χ0v) is 8.17. The Morgan fingerprint density at radius 1 is 1.46 bits per heavy atom. The van der Waals surface area contributed by atoms with E-state index in [1.54, 1.807) is 12.3 Å². The molecule has 2 aromatic heterocycles. The summed E-state index contributed by atoms with van der Waals surface area (Å²) in [6.45, 7) is 4.03. The molecule has 0 N–H and O–H groups in total. The Morgan fingerprint density at radius 3 is 2.85 bits per heavy atom. The topological polar surface area (TPSA) is 38.9 Å². The van der Waals surface area contributed by atoms with Crippen molar-refractivity contribution in [3.8, 4) is 0 Å². The molecule has 0 aromatic carbocycles. The average molecular weight is 197 g/mol. The van der Waals surface area contributed by atoms with E-state index in [4.69, 9.17) is 16.0 Å². The van der Waals surface area contributed by atoms with Crippen LogP contribution in [0.4, 0.5) is 0 Å². The molecule has 0 atom stereocenters. The van der Waals surface area contributed by atoms with Crippen LogP contribution in [-0.4, -0.2) is 9.97 Å². The Morgan fingerprint density at radius 2 is 2.23 bits per heavy atom. The third-order valence-electron chi connectivity index (χ3n) is 1.76. The number of hydrogen-bond donors (Lipinski definition) is 0. The number of oxazole rings is 1. The molecule has 0 spiro atoms. The molecule has 0 aliphatic heterocycles. The Kier molecular flexibility index (Phi) is 1.96. The van der Waals surface area contributed by atoms with Gasteiger partial charge in [-0.2, -0.15) is 0 Å². The Labute approximate surface area is 80.7 Å². The van der Waals surface area contributed by atoms with Crippen molar-refractivity contribution < 1.29 is 4.42 Å². The van der Waals surface area contributed by atoms with Crippen LogP contribution in [0.25, 0.3) is 11.2 Å². The van der Waals surface area contributed by atoms with E-state index in [1.807, 2.05) is 13.8 Å². The molecule has 2 heterocycles. The lowest BCUT2D eigenvalue weighted by Crippen LogP contribution is -1.84. The molecule has 0 saturated carbocycles. The van der Waals surface area contributed by atoms with Crippen LogP contribution in [0.1, 0.15) is 25.7 Å². The summed E-state index contributed by atoms with van der Waals surface area (Å²) in [6.07, 6.45) is 1.61. The van der Waals surface area contributed by atoms with E-state index in [1.165, 1.54) is 0 Å². The fraction of sp³-hybridized carbons (Fsp3) is 0.333. The summed E-state index contributed by atoms with van der Waals surface area (Å²) in [6, 6.07) is 1.70. The highest BCUT2D eigenvalue weighted by Crippen LogP contribution is 2.24. The monoisotopic (exact) mass is 196 g/mol. The molecule has 68 valence electrons. The summed E-state index contributed by atoms with van der Waals surface area (Å²) in [4.78, 5) is 8.28. The number of aromatic nitrogens is 2. The molecule has 0 aliphatic rings.